The van der Waals surface area contributed by atoms with Gasteiger partial charge in [0.1, 0.15) is 0 Å². The first-order valence-corrected chi connectivity index (χ1v) is 7.04. The number of nitrogens with one attached hydrogen (secondary N) is 1. The van der Waals surface area contributed by atoms with Crippen molar-refractivity contribution in [2.45, 2.75) is 46.5 Å². The molecule has 0 aromatic carbocycles. The zero-order valence-corrected chi connectivity index (χ0v) is 11.3. The first-order valence-electron chi connectivity index (χ1n) is 7.04. The minimum atomic E-state index is 0.641. The fourth-order valence-electron chi connectivity index (χ4n) is 2.60. The molecule has 0 saturated heterocycles. The van der Waals surface area contributed by atoms with E-state index in [2.05, 4.69) is 26.1 Å². The first kappa shape index (κ1) is 14.0. The molecule has 1 unspecified atom stereocenters. The van der Waals surface area contributed by atoms with E-state index >= 15 is 0 Å². The molecule has 0 aliphatic heterocycles. The van der Waals surface area contributed by atoms with E-state index < -0.39 is 0 Å². The number of hydrogen-bond donors (Lipinski definition) is 2. The Morgan fingerprint density at radius 1 is 1.19 bits per heavy atom. The summed E-state index contributed by atoms with van der Waals surface area (Å²) in [6.45, 7) is 10.0. The minimum absolute atomic E-state index is 0.641. The Bertz CT molecular complexity index is 172. The van der Waals surface area contributed by atoms with Crippen molar-refractivity contribution in [3.05, 3.63) is 0 Å². The van der Waals surface area contributed by atoms with Gasteiger partial charge in [-0.15, -0.1) is 0 Å². The molecule has 1 aliphatic rings. The third-order valence-corrected chi connectivity index (χ3v) is 4.22. The van der Waals surface area contributed by atoms with Crippen LogP contribution in [0.1, 0.15) is 46.5 Å². The van der Waals surface area contributed by atoms with E-state index in [9.17, 15) is 0 Å². The summed E-state index contributed by atoms with van der Waals surface area (Å²) in [5.41, 5.74) is 5.77. The van der Waals surface area contributed by atoms with E-state index in [1.807, 2.05) is 0 Å². The summed E-state index contributed by atoms with van der Waals surface area (Å²) in [4.78, 5) is 0. The van der Waals surface area contributed by atoms with E-state index in [-0.39, 0.29) is 0 Å². The van der Waals surface area contributed by atoms with Crippen LogP contribution in [-0.4, -0.2) is 19.6 Å². The quantitative estimate of drug-likeness (QED) is 0.730. The van der Waals surface area contributed by atoms with Crippen LogP contribution < -0.4 is 11.1 Å². The molecule has 0 heterocycles. The molecule has 96 valence electrons. The summed E-state index contributed by atoms with van der Waals surface area (Å²) < 4.78 is 0. The second kappa shape index (κ2) is 7.29. The van der Waals surface area contributed by atoms with Crippen molar-refractivity contribution in [3.63, 3.8) is 0 Å². The highest BCUT2D eigenvalue weighted by molar-refractivity contribution is 4.73. The largest absolute Gasteiger partial charge is 0.330 e. The van der Waals surface area contributed by atoms with Crippen LogP contribution in [0.2, 0.25) is 0 Å². The van der Waals surface area contributed by atoms with Crippen LogP contribution in [0.5, 0.6) is 0 Å². The van der Waals surface area contributed by atoms with Gasteiger partial charge in [-0.3, -0.25) is 0 Å². The third kappa shape index (κ3) is 4.84. The Kier molecular flexibility index (Phi) is 6.37. The van der Waals surface area contributed by atoms with Crippen LogP contribution in [0, 0.1) is 23.7 Å². The molecule has 0 aromatic heterocycles. The van der Waals surface area contributed by atoms with Crippen LogP contribution in [0.25, 0.3) is 0 Å². The highest BCUT2D eigenvalue weighted by Gasteiger charge is 2.18. The molecule has 1 aliphatic carbocycles. The molecule has 0 spiro atoms. The summed E-state index contributed by atoms with van der Waals surface area (Å²) in [6, 6.07) is 0. The van der Waals surface area contributed by atoms with Crippen molar-refractivity contribution in [1.82, 2.24) is 5.32 Å². The van der Waals surface area contributed by atoms with Crippen LogP contribution in [0.15, 0.2) is 0 Å². The van der Waals surface area contributed by atoms with Crippen LogP contribution in [0.4, 0.5) is 0 Å². The van der Waals surface area contributed by atoms with Crippen LogP contribution in [-0.2, 0) is 0 Å². The lowest BCUT2D eigenvalue weighted by Gasteiger charge is -2.27. The van der Waals surface area contributed by atoms with E-state index in [4.69, 9.17) is 5.73 Å². The first-order chi connectivity index (χ1) is 7.63. The van der Waals surface area contributed by atoms with E-state index in [1.165, 1.54) is 32.2 Å². The van der Waals surface area contributed by atoms with Gasteiger partial charge >= 0.3 is 0 Å². The van der Waals surface area contributed by atoms with Gasteiger partial charge < -0.3 is 11.1 Å². The molecular formula is C14H30N2. The number of hydrogen-bond acceptors (Lipinski definition) is 2. The molecule has 2 nitrogen and oxygen atoms in total. The van der Waals surface area contributed by atoms with Gasteiger partial charge in [-0.25, -0.2) is 0 Å². The maximum Gasteiger partial charge on any atom is -0.000589 e. The fourth-order valence-corrected chi connectivity index (χ4v) is 2.60. The molecule has 2 heteroatoms. The molecule has 0 amide bonds. The molecular weight excluding hydrogens is 196 g/mol. The second-order valence-corrected chi connectivity index (χ2v) is 6.02. The van der Waals surface area contributed by atoms with Crippen LogP contribution >= 0.6 is 0 Å². The average Bonchev–Trinajstić information content (AvgIpc) is 2.26. The van der Waals surface area contributed by atoms with Gasteiger partial charge in [0, 0.05) is 0 Å². The highest BCUT2D eigenvalue weighted by Crippen LogP contribution is 2.27. The van der Waals surface area contributed by atoms with Gasteiger partial charge in [0.25, 0.3) is 0 Å². The van der Waals surface area contributed by atoms with Crippen molar-refractivity contribution in [2.24, 2.45) is 29.4 Å². The van der Waals surface area contributed by atoms with Crippen molar-refractivity contribution in [2.75, 3.05) is 19.6 Å². The molecule has 1 atom stereocenters. The number of nitrogens with two attached hydrogens (primary N) is 1. The summed E-state index contributed by atoms with van der Waals surface area (Å²) in [6.07, 6.45) is 5.69. The van der Waals surface area contributed by atoms with Crippen molar-refractivity contribution in [1.29, 1.82) is 0 Å². The molecule has 1 saturated carbocycles. The van der Waals surface area contributed by atoms with Gasteiger partial charge in [-0.2, -0.15) is 0 Å². The van der Waals surface area contributed by atoms with Crippen molar-refractivity contribution >= 4 is 0 Å². The maximum atomic E-state index is 5.77. The predicted octanol–water partition coefficient (Wildman–Crippen LogP) is 2.63. The molecule has 1 fully saturated rings. The molecule has 1 rings (SSSR count). The Morgan fingerprint density at radius 2 is 1.81 bits per heavy atom. The van der Waals surface area contributed by atoms with Gasteiger partial charge in [0.05, 0.1) is 0 Å². The molecule has 3 N–H and O–H groups in total. The zero-order chi connectivity index (χ0) is 12.0. The molecule has 0 aromatic rings. The zero-order valence-electron chi connectivity index (χ0n) is 11.3. The minimum Gasteiger partial charge on any atom is -0.330 e. The summed E-state index contributed by atoms with van der Waals surface area (Å²) in [5.74, 6) is 3.22. The number of rotatable bonds is 6. The molecule has 16 heavy (non-hydrogen) atoms. The summed E-state index contributed by atoms with van der Waals surface area (Å²) >= 11 is 0. The highest BCUT2D eigenvalue weighted by atomic mass is 14.9. The van der Waals surface area contributed by atoms with E-state index in [0.717, 1.165) is 24.9 Å². The predicted molar refractivity (Wildman–Crippen MR) is 71.4 cm³/mol. The molecule has 0 radical (unpaired) electrons. The van der Waals surface area contributed by atoms with Gasteiger partial charge in [0.15, 0.2) is 0 Å². The average molecular weight is 226 g/mol. The SMILES string of the molecule is CC1CCC(CNCC(CN)C(C)C)CC1. The lowest BCUT2D eigenvalue weighted by Crippen LogP contribution is -2.35. The lowest BCUT2D eigenvalue weighted by atomic mass is 9.83. The van der Waals surface area contributed by atoms with Gasteiger partial charge in [0.2, 0.25) is 0 Å². The van der Waals surface area contributed by atoms with E-state index in [0.29, 0.717) is 11.8 Å². The molecule has 0 bridgehead atoms. The third-order valence-electron chi connectivity index (χ3n) is 4.22. The van der Waals surface area contributed by atoms with Crippen molar-refractivity contribution < 1.29 is 0 Å². The maximum absolute atomic E-state index is 5.77. The lowest BCUT2D eigenvalue weighted by molar-refractivity contribution is 0.271. The normalized spacial score (nSPS) is 28.3. The van der Waals surface area contributed by atoms with Crippen LogP contribution in [0.3, 0.4) is 0 Å². The van der Waals surface area contributed by atoms with Gasteiger partial charge in [-0.1, -0.05) is 33.6 Å². The second-order valence-electron chi connectivity index (χ2n) is 6.02. The Balaban J connectivity index is 2.10. The smallest absolute Gasteiger partial charge is 0.000589 e. The Labute approximate surface area is 101 Å². The standard InChI is InChI=1S/C14H30N2/c1-11(2)14(8-15)10-16-9-13-6-4-12(3)5-7-13/h11-14,16H,4-10,15H2,1-3H3. The monoisotopic (exact) mass is 226 g/mol. The van der Waals surface area contributed by atoms with Gasteiger partial charge in [-0.05, 0) is 56.1 Å². The fraction of sp³-hybridized carbons (Fsp3) is 1.00. The summed E-state index contributed by atoms with van der Waals surface area (Å²) in [5, 5.41) is 3.62. The van der Waals surface area contributed by atoms with E-state index in [1.54, 1.807) is 0 Å². The van der Waals surface area contributed by atoms with Crippen molar-refractivity contribution in [3.8, 4) is 0 Å². The topological polar surface area (TPSA) is 38.0 Å². The Morgan fingerprint density at radius 3 is 2.31 bits per heavy atom. The summed E-state index contributed by atoms with van der Waals surface area (Å²) in [7, 11) is 0. The Hall–Kier alpha value is -0.0800.